The maximum Gasteiger partial charge on any atom is 0.289 e. The van der Waals surface area contributed by atoms with Crippen LogP contribution >= 0.6 is 0 Å². The van der Waals surface area contributed by atoms with Gasteiger partial charge in [0.1, 0.15) is 10.7 Å². The third kappa shape index (κ3) is 3.46. The van der Waals surface area contributed by atoms with Crippen LogP contribution in [-0.2, 0) is 10.0 Å². The highest BCUT2D eigenvalue weighted by Crippen LogP contribution is 2.33. The summed E-state index contributed by atoms with van der Waals surface area (Å²) in [5.41, 5.74) is 7.02. The van der Waals surface area contributed by atoms with Gasteiger partial charge >= 0.3 is 0 Å². The first kappa shape index (κ1) is 17.7. The summed E-state index contributed by atoms with van der Waals surface area (Å²) < 4.78 is 28.4. The molecular weight excluding hydrogens is 342 g/mol. The van der Waals surface area contributed by atoms with Crippen LogP contribution in [0.3, 0.4) is 0 Å². The van der Waals surface area contributed by atoms with Gasteiger partial charge in [0.2, 0.25) is 10.0 Å². The van der Waals surface area contributed by atoms with Gasteiger partial charge in [-0.25, -0.2) is 13.6 Å². The number of nitrogens with two attached hydrogens (primary N) is 2. The number of sulfonamides is 1. The number of carbonyl (C=O) groups excluding carboxylic acids is 1. The summed E-state index contributed by atoms with van der Waals surface area (Å²) >= 11 is 0. The van der Waals surface area contributed by atoms with E-state index in [2.05, 4.69) is 0 Å². The molecule has 0 spiro atoms. The van der Waals surface area contributed by atoms with Crippen molar-refractivity contribution in [3.8, 4) is 0 Å². The van der Waals surface area contributed by atoms with Crippen LogP contribution in [0.25, 0.3) is 0 Å². The molecule has 1 aliphatic heterocycles. The first-order valence-corrected chi connectivity index (χ1v) is 9.53. The minimum Gasteiger partial charge on any atom is -0.455 e. The molecule has 1 aliphatic rings. The molecule has 3 rings (SSSR count). The lowest BCUT2D eigenvalue weighted by molar-refractivity contribution is 0.0753. The number of hydrogen-bond donors (Lipinski definition) is 2. The average Bonchev–Trinajstić information content (AvgIpc) is 3.18. The minimum atomic E-state index is -3.92. The van der Waals surface area contributed by atoms with Crippen LogP contribution in [-0.4, -0.2) is 38.9 Å². The summed E-state index contributed by atoms with van der Waals surface area (Å²) in [5, 5.41) is 5.14. The first-order chi connectivity index (χ1) is 11.8. The molecule has 0 radical (unpaired) electrons. The first-order valence-electron chi connectivity index (χ1n) is 7.98. The largest absolute Gasteiger partial charge is 0.455 e. The van der Waals surface area contributed by atoms with Crippen molar-refractivity contribution in [2.75, 3.05) is 19.6 Å². The standard InChI is InChI=1S/C17H21N3O4S/c1-11-16(25(19,22)23)7-15(24-11)17(21)20-9-13(8-18)14(10-20)12-5-3-2-4-6-12/h2-7,13-14H,8-10,18H2,1H3,(H2,19,22,23)/t13-,14+/m1/s1. The lowest BCUT2D eigenvalue weighted by Gasteiger charge is -2.16. The van der Waals surface area contributed by atoms with E-state index in [-0.39, 0.29) is 34.2 Å². The molecule has 0 aliphatic carbocycles. The molecule has 2 atom stereocenters. The molecule has 1 fully saturated rings. The molecule has 0 bridgehead atoms. The van der Waals surface area contributed by atoms with E-state index in [1.54, 1.807) is 4.90 Å². The second-order valence-electron chi connectivity index (χ2n) is 6.30. The predicted octanol–water partition coefficient (Wildman–Crippen LogP) is 1.05. The lowest BCUT2D eigenvalue weighted by Crippen LogP contribution is -2.29. The number of hydrogen-bond acceptors (Lipinski definition) is 5. The van der Waals surface area contributed by atoms with Crippen LogP contribution in [0.5, 0.6) is 0 Å². The molecule has 2 aromatic rings. The van der Waals surface area contributed by atoms with Crippen molar-refractivity contribution in [3.05, 3.63) is 53.5 Å². The molecule has 2 heterocycles. The van der Waals surface area contributed by atoms with E-state index in [0.29, 0.717) is 19.6 Å². The monoisotopic (exact) mass is 363 g/mol. The van der Waals surface area contributed by atoms with Gasteiger partial charge in [0.15, 0.2) is 5.76 Å². The zero-order chi connectivity index (χ0) is 18.2. The number of benzene rings is 1. The normalized spacial score (nSPS) is 20.8. The molecule has 0 unspecified atom stereocenters. The van der Waals surface area contributed by atoms with E-state index in [1.807, 2.05) is 30.3 Å². The Kier molecular flexibility index (Phi) is 4.68. The molecule has 1 amide bonds. The number of amides is 1. The molecule has 1 aromatic heterocycles. The predicted molar refractivity (Wildman–Crippen MR) is 92.4 cm³/mol. The Bertz CT molecular complexity index is 877. The second-order valence-corrected chi connectivity index (χ2v) is 7.83. The van der Waals surface area contributed by atoms with Crippen molar-refractivity contribution in [2.45, 2.75) is 17.7 Å². The van der Waals surface area contributed by atoms with Gasteiger partial charge < -0.3 is 15.1 Å². The highest BCUT2D eigenvalue weighted by atomic mass is 32.2. The van der Waals surface area contributed by atoms with Crippen LogP contribution in [0.2, 0.25) is 0 Å². The van der Waals surface area contributed by atoms with Crippen LogP contribution in [0.4, 0.5) is 0 Å². The Morgan fingerprint density at radius 2 is 1.96 bits per heavy atom. The van der Waals surface area contributed by atoms with Crippen LogP contribution in [0, 0.1) is 12.8 Å². The third-order valence-corrected chi connectivity index (χ3v) is 5.67. The number of nitrogens with zero attached hydrogens (tertiary/aromatic N) is 1. The summed E-state index contributed by atoms with van der Waals surface area (Å²) in [7, 11) is -3.92. The van der Waals surface area contributed by atoms with Gasteiger partial charge in [-0.2, -0.15) is 0 Å². The fourth-order valence-electron chi connectivity index (χ4n) is 3.36. The number of carbonyl (C=O) groups is 1. The van der Waals surface area contributed by atoms with E-state index in [1.165, 1.54) is 13.0 Å². The number of primary sulfonamides is 1. The summed E-state index contributed by atoms with van der Waals surface area (Å²) in [6.45, 7) is 2.94. The van der Waals surface area contributed by atoms with E-state index >= 15 is 0 Å². The molecule has 7 nitrogen and oxygen atoms in total. The topological polar surface area (TPSA) is 120 Å². The maximum atomic E-state index is 12.7. The average molecular weight is 363 g/mol. The van der Waals surface area contributed by atoms with Crippen LogP contribution in [0.15, 0.2) is 45.7 Å². The fourth-order valence-corrected chi connectivity index (χ4v) is 4.08. The molecule has 4 N–H and O–H groups in total. The lowest BCUT2D eigenvalue weighted by atomic mass is 9.89. The number of rotatable bonds is 4. The second kappa shape index (κ2) is 6.62. The van der Waals surface area contributed by atoms with E-state index in [4.69, 9.17) is 15.3 Å². The van der Waals surface area contributed by atoms with Gasteiger partial charge in [0, 0.05) is 25.1 Å². The molecule has 1 aromatic carbocycles. The molecule has 8 heteroatoms. The van der Waals surface area contributed by atoms with Crippen LogP contribution < -0.4 is 10.9 Å². The minimum absolute atomic E-state index is 0.0222. The number of furan rings is 1. The molecule has 25 heavy (non-hydrogen) atoms. The third-order valence-electron chi connectivity index (χ3n) is 4.65. The number of aryl methyl sites for hydroxylation is 1. The zero-order valence-corrected chi connectivity index (χ0v) is 14.7. The van der Waals surface area contributed by atoms with E-state index < -0.39 is 10.0 Å². The summed E-state index contributed by atoms with van der Waals surface area (Å²) in [6, 6.07) is 11.1. The van der Waals surface area contributed by atoms with Crippen molar-refractivity contribution in [1.82, 2.24) is 4.90 Å². The number of likely N-dealkylation sites (tertiary alicyclic amines) is 1. The molecular formula is C17H21N3O4S. The van der Waals surface area contributed by atoms with Gasteiger partial charge in [-0.3, -0.25) is 4.79 Å². The highest BCUT2D eigenvalue weighted by molar-refractivity contribution is 7.89. The van der Waals surface area contributed by atoms with Crippen molar-refractivity contribution < 1.29 is 17.6 Å². The van der Waals surface area contributed by atoms with Crippen LogP contribution in [0.1, 0.15) is 27.8 Å². The van der Waals surface area contributed by atoms with Gasteiger partial charge in [-0.05, 0) is 24.9 Å². The smallest absolute Gasteiger partial charge is 0.289 e. The SMILES string of the molecule is Cc1oc(C(=O)N2C[C@@H](CN)[C@H](c3ccccc3)C2)cc1S(N)(=O)=O. The molecule has 0 saturated carbocycles. The van der Waals surface area contributed by atoms with Crippen molar-refractivity contribution in [1.29, 1.82) is 0 Å². The highest BCUT2D eigenvalue weighted by Gasteiger charge is 2.37. The summed E-state index contributed by atoms with van der Waals surface area (Å²) in [4.78, 5) is 14.2. The van der Waals surface area contributed by atoms with Gasteiger partial charge in [0.05, 0.1) is 0 Å². The fraction of sp³-hybridized carbons (Fsp3) is 0.353. The molecule has 1 saturated heterocycles. The quantitative estimate of drug-likeness (QED) is 0.841. The zero-order valence-electron chi connectivity index (χ0n) is 13.9. The Labute approximate surface area is 146 Å². The Morgan fingerprint density at radius 1 is 1.28 bits per heavy atom. The Balaban J connectivity index is 1.84. The summed E-state index contributed by atoms with van der Waals surface area (Å²) in [5.74, 6) is 0.0185. The Hall–Kier alpha value is -2.16. The summed E-state index contributed by atoms with van der Waals surface area (Å²) in [6.07, 6.45) is 0. The van der Waals surface area contributed by atoms with E-state index in [0.717, 1.165) is 5.56 Å². The Morgan fingerprint density at radius 3 is 2.52 bits per heavy atom. The van der Waals surface area contributed by atoms with E-state index in [9.17, 15) is 13.2 Å². The van der Waals surface area contributed by atoms with Gasteiger partial charge in [0.25, 0.3) is 5.91 Å². The van der Waals surface area contributed by atoms with Gasteiger partial charge in [-0.15, -0.1) is 0 Å². The molecule has 134 valence electrons. The maximum absolute atomic E-state index is 12.7. The van der Waals surface area contributed by atoms with Crippen molar-refractivity contribution >= 4 is 15.9 Å². The van der Waals surface area contributed by atoms with Crippen molar-refractivity contribution in [3.63, 3.8) is 0 Å². The van der Waals surface area contributed by atoms with Crippen molar-refractivity contribution in [2.24, 2.45) is 16.8 Å². The van der Waals surface area contributed by atoms with Gasteiger partial charge in [-0.1, -0.05) is 30.3 Å².